The summed E-state index contributed by atoms with van der Waals surface area (Å²) >= 11 is 13.9. The highest BCUT2D eigenvalue weighted by Crippen LogP contribution is 2.36. The molecule has 2 aliphatic rings. The molecule has 1 aliphatic heterocycles. The zero-order valence-corrected chi connectivity index (χ0v) is 20.3. The molecule has 0 atom stereocenters. The van der Waals surface area contributed by atoms with Gasteiger partial charge in [0.2, 0.25) is 5.17 Å². The van der Waals surface area contributed by atoms with Crippen LogP contribution in [0.3, 0.4) is 0 Å². The predicted molar refractivity (Wildman–Crippen MR) is 144 cm³/mol. The van der Waals surface area contributed by atoms with Crippen molar-refractivity contribution in [3.8, 4) is 0 Å². The highest BCUT2D eigenvalue weighted by molar-refractivity contribution is 8.19. The number of carbonyl (C=O) groups is 1. The van der Waals surface area contributed by atoms with E-state index in [2.05, 4.69) is 16.3 Å². The Labute approximate surface area is 212 Å². The molecular formula is C27H19Cl2N3OS. The lowest BCUT2D eigenvalue weighted by molar-refractivity contribution is -0.113. The van der Waals surface area contributed by atoms with Gasteiger partial charge in [-0.3, -0.25) is 9.69 Å². The number of nitrogens with zero attached hydrogens (tertiary/aromatic N) is 3. The third-order valence-electron chi connectivity index (χ3n) is 5.54. The van der Waals surface area contributed by atoms with Crippen molar-refractivity contribution in [2.24, 2.45) is 10.2 Å². The second-order valence-electron chi connectivity index (χ2n) is 7.76. The zero-order chi connectivity index (χ0) is 23.5. The molecule has 5 rings (SSSR count). The number of rotatable bonds is 4. The fraction of sp³-hybridized carbons (Fsp3) is 0.0741. The number of amides is 1. The fourth-order valence-electron chi connectivity index (χ4n) is 3.83. The number of hydrogen-bond acceptors (Lipinski definition) is 4. The Morgan fingerprint density at radius 1 is 0.882 bits per heavy atom. The van der Waals surface area contributed by atoms with Crippen LogP contribution < -0.4 is 4.90 Å². The molecule has 4 nitrogen and oxygen atoms in total. The quantitative estimate of drug-likeness (QED) is 0.211. The number of fused-ring (bicyclic) bond motifs is 1. The van der Waals surface area contributed by atoms with E-state index < -0.39 is 0 Å². The summed E-state index contributed by atoms with van der Waals surface area (Å²) in [6.45, 7) is 0. The van der Waals surface area contributed by atoms with Crippen molar-refractivity contribution in [2.45, 2.75) is 12.8 Å². The van der Waals surface area contributed by atoms with Crippen LogP contribution in [0.2, 0.25) is 5.02 Å². The number of anilines is 1. The van der Waals surface area contributed by atoms with E-state index in [1.807, 2.05) is 66.7 Å². The molecule has 3 aromatic carbocycles. The number of para-hydroxylation sites is 1. The van der Waals surface area contributed by atoms with Gasteiger partial charge in [0.25, 0.3) is 5.91 Å². The number of benzene rings is 3. The Morgan fingerprint density at radius 2 is 1.62 bits per heavy atom. The fourth-order valence-corrected chi connectivity index (χ4v) is 5.22. The van der Waals surface area contributed by atoms with Crippen molar-refractivity contribution in [1.29, 1.82) is 0 Å². The smallest absolute Gasteiger partial charge is 0.268 e. The molecule has 34 heavy (non-hydrogen) atoms. The summed E-state index contributed by atoms with van der Waals surface area (Å²) < 4.78 is 0. The van der Waals surface area contributed by atoms with Crippen LogP contribution in [-0.2, 0) is 11.2 Å². The topological polar surface area (TPSA) is 45.0 Å². The molecular weight excluding hydrogens is 485 g/mol. The van der Waals surface area contributed by atoms with Crippen molar-refractivity contribution in [1.82, 2.24) is 0 Å². The van der Waals surface area contributed by atoms with Gasteiger partial charge in [-0.25, -0.2) is 0 Å². The second kappa shape index (κ2) is 10.0. The van der Waals surface area contributed by atoms with Crippen molar-refractivity contribution in [3.63, 3.8) is 0 Å². The van der Waals surface area contributed by atoms with Crippen LogP contribution in [0.1, 0.15) is 23.1 Å². The van der Waals surface area contributed by atoms with Gasteiger partial charge in [0.1, 0.15) is 0 Å². The standard InChI is InChI=1S/C27H19Cl2N3OS/c28-21-14-10-18(11-15-21)16-24-26(33)32(22-7-2-1-3-8-22)27(34-24)31-30-17-20-13-12-19-6-4-5-9-23(19)25(20)29/h1-11,14-17H,12-13H2/b24-16+,30-17+,31-27-. The van der Waals surface area contributed by atoms with Gasteiger partial charge in [-0.1, -0.05) is 77.8 Å². The Bertz CT molecular complexity index is 1360. The van der Waals surface area contributed by atoms with Gasteiger partial charge in [0, 0.05) is 5.02 Å². The van der Waals surface area contributed by atoms with E-state index in [0.717, 1.165) is 35.2 Å². The first-order valence-electron chi connectivity index (χ1n) is 10.7. The minimum atomic E-state index is -0.149. The highest BCUT2D eigenvalue weighted by Gasteiger charge is 2.34. The van der Waals surface area contributed by atoms with E-state index in [9.17, 15) is 4.79 Å². The van der Waals surface area contributed by atoms with Crippen LogP contribution in [0.15, 0.2) is 99.5 Å². The number of allylic oxidation sites excluding steroid dienone is 1. The van der Waals surface area contributed by atoms with Gasteiger partial charge in [0.05, 0.1) is 21.8 Å². The van der Waals surface area contributed by atoms with Crippen LogP contribution in [-0.4, -0.2) is 17.3 Å². The Hall–Kier alpha value is -3.12. The third-order valence-corrected chi connectivity index (χ3v) is 7.20. The summed E-state index contributed by atoms with van der Waals surface area (Å²) in [7, 11) is 0. The molecule has 1 heterocycles. The molecule has 0 saturated carbocycles. The number of halogens is 2. The molecule has 0 unspecified atom stereocenters. The van der Waals surface area contributed by atoms with E-state index >= 15 is 0 Å². The van der Waals surface area contributed by atoms with Crippen LogP contribution in [0.4, 0.5) is 5.69 Å². The van der Waals surface area contributed by atoms with Gasteiger partial charge >= 0.3 is 0 Å². The lowest BCUT2D eigenvalue weighted by atomic mass is 9.92. The van der Waals surface area contributed by atoms with Crippen molar-refractivity contribution in [3.05, 3.63) is 111 Å². The Kier molecular flexibility index (Phi) is 6.68. The molecule has 1 saturated heterocycles. The maximum absolute atomic E-state index is 13.3. The zero-order valence-electron chi connectivity index (χ0n) is 18.0. The van der Waals surface area contributed by atoms with E-state index in [4.69, 9.17) is 23.2 Å². The lowest BCUT2D eigenvalue weighted by Gasteiger charge is -2.17. The number of thioether (sulfide) groups is 1. The monoisotopic (exact) mass is 503 g/mol. The third kappa shape index (κ3) is 4.73. The van der Waals surface area contributed by atoms with Crippen LogP contribution >= 0.6 is 35.0 Å². The molecule has 3 aromatic rings. The van der Waals surface area contributed by atoms with E-state index in [0.29, 0.717) is 20.1 Å². The van der Waals surface area contributed by atoms with Gasteiger partial charge in [0.15, 0.2) is 0 Å². The van der Waals surface area contributed by atoms with E-state index in [1.165, 1.54) is 17.3 Å². The number of carbonyl (C=O) groups excluding carboxylic acids is 1. The molecule has 1 aliphatic carbocycles. The first-order valence-corrected chi connectivity index (χ1v) is 12.3. The van der Waals surface area contributed by atoms with Crippen molar-refractivity contribution >= 4 is 69.0 Å². The van der Waals surface area contributed by atoms with Gasteiger partial charge in [-0.2, -0.15) is 5.10 Å². The summed E-state index contributed by atoms with van der Waals surface area (Å²) in [5.41, 5.74) is 4.82. The second-order valence-corrected chi connectivity index (χ2v) is 9.59. The summed E-state index contributed by atoms with van der Waals surface area (Å²) in [4.78, 5) is 15.4. The molecule has 0 radical (unpaired) electrons. The van der Waals surface area contributed by atoms with Crippen LogP contribution in [0, 0.1) is 0 Å². The number of hydrogen-bond donors (Lipinski definition) is 0. The largest absolute Gasteiger partial charge is 0.271 e. The SMILES string of the molecule is O=C1/C(=C\c2ccc(Cl)cc2)S/C(=N\N=C\C2=C(Cl)c3ccccc3CC2)N1c1ccccc1. The van der Waals surface area contributed by atoms with Gasteiger partial charge in [-0.05, 0) is 77.2 Å². The van der Waals surface area contributed by atoms with E-state index in [1.54, 1.807) is 23.2 Å². The summed E-state index contributed by atoms with van der Waals surface area (Å²) in [6, 6.07) is 24.9. The van der Waals surface area contributed by atoms with Gasteiger partial charge in [-0.15, -0.1) is 5.10 Å². The molecule has 168 valence electrons. The maximum Gasteiger partial charge on any atom is 0.271 e. The summed E-state index contributed by atoms with van der Waals surface area (Å²) in [5.74, 6) is -0.149. The predicted octanol–water partition coefficient (Wildman–Crippen LogP) is 7.40. The lowest BCUT2D eigenvalue weighted by Crippen LogP contribution is -2.28. The molecule has 0 bridgehead atoms. The first-order chi connectivity index (χ1) is 16.6. The molecule has 0 aromatic heterocycles. The Morgan fingerprint density at radius 3 is 2.41 bits per heavy atom. The molecule has 7 heteroatoms. The first kappa shape index (κ1) is 22.7. The molecule has 0 N–H and O–H groups in total. The molecule has 1 amide bonds. The normalized spacial score (nSPS) is 18.4. The van der Waals surface area contributed by atoms with Crippen LogP contribution in [0.5, 0.6) is 0 Å². The molecule has 1 fully saturated rings. The summed E-state index contributed by atoms with van der Waals surface area (Å²) in [6.07, 6.45) is 5.23. The minimum absolute atomic E-state index is 0.149. The van der Waals surface area contributed by atoms with Crippen molar-refractivity contribution < 1.29 is 4.79 Å². The average Bonchev–Trinajstić information content (AvgIpc) is 3.17. The Balaban J connectivity index is 1.47. The number of aryl methyl sites for hydroxylation is 1. The van der Waals surface area contributed by atoms with Crippen LogP contribution in [0.25, 0.3) is 11.1 Å². The van der Waals surface area contributed by atoms with Crippen molar-refractivity contribution in [2.75, 3.05) is 4.90 Å². The highest BCUT2D eigenvalue weighted by atomic mass is 35.5. The average molecular weight is 504 g/mol. The summed E-state index contributed by atoms with van der Waals surface area (Å²) in [5, 5.41) is 10.6. The molecule has 0 spiro atoms. The number of amidine groups is 1. The minimum Gasteiger partial charge on any atom is -0.268 e. The van der Waals surface area contributed by atoms with E-state index in [-0.39, 0.29) is 5.91 Å². The maximum atomic E-state index is 13.3. The van der Waals surface area contributed by atoms with Gasteiger partial charge < -0.3 is 0 Å².